The maximum atomic E-state index is 13.3. The number of hydrogen-bond acceptors (Lipinski definition) is 4. The number of benzene rings is 2. The third kappa shape index (κ3) is 4.07. The number of carbonyl (C=O) groups excluding carboxylic acids is 1. The molecule has 1 fully saturated rings. The van der Waals surface area contributed by atoms with Gasteiger partial charge < -0.3 is 14.8 Å². The van der Waals surface area contributed by atoms with E-state index < -0.39 is 0 Å². The van der Waals surface area contributed by atoms with Gasteiger partial charge in [-0.3, -0.25) is 9.69 Å². The molecule has 0 bridgehead atoms. The van der Waals surface area contributed by atoms with Crippen molar-refractivity contribution >= 4 is 5.91 Å². The summed E-state index contributed by atoms with van der Waals surface area (Å²) in [5, 5.41) is 3.28. The number of nitrogens with zero attached hydrogens (tertiary/aromatic N) is 1. The zero-order valence-electron chi connectivity index (χ0n) is 19.6. The first-order valence-corrected chi connectivity index (χ1v) is 11.4. The molecule has 0 radical (unpaired) electrons. The van der Waals surface area contributed by atoms with E-state index in [-0.39, 0.29) is 23.5 Å². The highest BCUT2D eigenvalue weighted by molar-refractivity contribution is 5.97. The van der Waals surface area contributed by atoms with Gasteiger partial charge in [-0.1, -0.05) is 48.0 Å². The number of nitrogens with one attached hydrogen (secondary N) is 1. The third-order valence-corrected chi connectivity index (χ3v) is 7.08. The molecule has 2 aliphatic rings. The molecule has 0 saturated carbocycles. The minimum atomic E-state index is -0.196. The molecule has 1 saturated heterocycles. The van der Waals surface area contributed by atoms with E-state index in [2.05, 4.69) is 54.4 Å². The SMILES string of the molecule is COc1ccccc1C(=O)N[C@@H]1c2ccccc2C2(CCN(CC=C(C)C)CC2)[C@H]1OC. The van der Waals surface area contributed by atoms with E-state index in [1.54, 1.807) is 20.3 Å². The molecule has 5 heteroatoms. The van der Waals surface area contributed by atoms with Gasteiger partial charge in [0, 0.05) is 19.1 Å². The van der Waals surface area contributed by atoms with Crippen molar-refractivity contribution in [1.29, 1.82) is 0 Å². The van der Waals surface area contributed by atoms with Crippen LogP contribution in [0.1, 0.15) is 54.2 Å². The molecule has 1 aliphatic heterocycles. The van der Waals surface area contributed by atoms with Gasteiger partial charge in [0.1, 0.15) is 5.75 Å². The number of rotatable bonds is 6. The van der Waals surface area contributed by atoms with Gasteiger partial charge in [0.05, 0.1) is 24.8 Å². The fraction of sp³-hybridized carbons (Fsp3) is 0.444. The van der Waals surface area contributed by atoms with Gasteiger partial charge in [-0.05, 0) is 63.0 Å². The summed E-state index contributed by atoms with van der Waals surface area (Å²) >= 11 is 0. The Labute approximate surface area is 191 Å². The summed E-state index contributed by atoms with van der Waals surface area (Å²) in [6, 6.07) is 15.7. The van der Waals surface area contributed by atoms with E-state index in [4.69, 9.17) is 9.47 Å². The number of carbonyl (C=O) groups is 1. The minimum absolute atomic E-state index is 0.0917. The number of methoxy groups -OCH3 is 2. The maximum Gasteiger partial charge on any atom is 0.255 e. The van der Waals surface area contributed by atoms with Gasteiger partial charge in [-0.15, -0.1) is 0 Å². The summed E-state index contributed by atoms with van der Waals surface area (Å²) in [5.41, 5.74) is 4.29. The molecule has 5 nitrogen and oxygen atoms in total. The molecular formula is C27H34N2O3. The van der Waals surface area contributed by atoms with Gasteiger partial charge in [0.2, 0.25) is 0 Å². The molecule has 1 N–H and O–H groups in total. The number of piperidine rings is 1. The zero-order chi connectivity index (χ0) is 22.7. The molecule has 32 heavy (non-hydrogen) atoms. The van der Waals surface area contributed by atoms with Crippen molar-refractivity contribution in [3.63, 3.8) is 0 Å². The average Bonchev–Trinajstić information content (AvgIpc) is 3.07. The maximum absolute atomic E-state index is 13.3. The van der Waals surface area contributed by atoms with E-state index in [1.165, 1.54) is 16.7 Å². The van der Waals surface area contributed by atoms with Crippen molar-refractivity contribution < 1.29 is 14.3 Å². The Kier molecular flexibility index (Phi) is 6.68. The first kappa shape index (κ1) is 22.6. The van der Waals surface area contributed by atoms with Crippen molar-refractivity contribution in [3.05, 3.63) is 76.9 Å². The summed E-state index contributed by atoms with van der Waals surface area (Å²) in [6.45, 7) is 7.32. The van der Waals surface area contributed by atoms with E-state index >= 15 is 0 Å². The van der Waals surface area contributed by atoms with E-state index in [9.17, 15) is 4.79 Å². The van der Waals surface area contributed by atoms with Gasteiger partial charge in [0.15, 0.2) is 0 Å². The Morgan fingerprint density at radius 2 is 1.78 bits per heavy atom. The fourth-order valence-electron chi connectivity index (χ4n) is 5.42. The number of likely N-dealkylation sites (tertiary alicyclic amines) is 1. The lowest BCUT2D eigenvalue weighted by molar-refractivity contribution is -0.00979. The van der Waals surface area contributed by atoms with Gasteiger partial charge in [0.25, 0.3) is 5.91 Å². The van der Waals surface area contributed by atoms with Gasteiger partial charge in [-0.2, -0.15) is 0 Å². The van der Waals surface area contributed by atoms with Crippen LogP contribution in [0.15, 0.2) is 60.2 Å². The molecule has 0 unspecified atom stereocenters. The van der Waals surface area contributed by atoms with E-state index in [0.29, 0.717) is 11.3 Å². The van der Waals surface area contributed by atoms with Crippen LogP contribution in [0.25, 0.3) is 0 Å². The molecular weight excluding hydrogens is 400 g/mol. The van der Waals surface area contributed by atoms with E-state index in [0.717, 1.165) is 32.5 Å². The lowest BCUT2D eigenvalue weighted by atomic mass is 9.72. The number of hydrogen-bond donors (Lipinski definition) is 1. The summed E-state index contributed by atoms with van der Waals surface area (Å²) in [6.07, 6.45) is 4.22. The number of fused-ring (bicyclic) bond motifs is 2. The normalized spacial score (nSPS) is 21.8. The van der Waals surface area contributed by atoms with Crippen LogP contribution in [0.4, 0.5) is 0 Å². The fourth-order valence-corrected chi connectivity index (χ4v) is 5.42. The highest BCUT2D eigenvalue weighted by Gasteiger charge is 2.53. The average molecular weight is 435 g/mol. The van der Waals surface area contributed by atoms with Crippen molar-refractivity contribution in [2.75, 3.05) is 33.9 Å². The number of amides is 1. The smallest absolute Gasteiger partial charge is 0.255 e. The standard InChI is InChI=1S/C27H34N2O3/c1-19(2)13-16-29-17-14-27(15-18-29)22-11-7-5-9-20(22)24(25(27)32-4)28-26(30)21-10-6-8-12-23(21)31-3/h5-13,24-25H,14-18H2,1-4H3,(H,28,30)/t24-,25+/m1/s1. The van der Waals surface area contributed by atoms with Crippen molar-refractivity contribution in [1.82, 2.24) is 10.2 Å². The zero-order valence-corrected chi connectivity index (χ0v) is 19.6. The molecule has 1 heterocycles. The molecule has 1 amide bonds. The molecule has 170 valence electrons. The second-order valence-corrected chi connectivity index (χ2v) is 9.13. The largest absolute Gasteiger partial charge is 0.496 e. The number of para-hydroxylation sites is 1. The molecule has 4 rings (SSSR count). The van der Waals surface area contributed by atoms with Crippen molar-refractivity contribution in [2.24, 2.45) is 0 Å². The highest BCUT2D eigenvalue weighted by Crippen LogP contribution is 2.52. The third-order valence-electron chi connectivity index (χ3n) is 7.08. The first-order chi connectivity index (χ1) is 15.5. The topological polar surface area (TPSA) is 50.8 Å². The van der Waals surface area contributed by atoms with Crippen LogP contribution >= 0.6 is 0 Å². The van der Waals surface area contributed by atoms with Crippen LogP contribution in [0, 0.1) is 0 Å². The highest BCUT2D eigenvalue weighted by atomic mass is 16.5. The van der Waals surface area contributed by atoms with Crippen molar-refractivity contribution in [3.8, 4) is 5.75 Å². The predicted octanol–water partition coefficient (Wildman–Crippen LogP) is 4.49. The van der Waals surface area contributed by atoms with E-state index in [1.807, 2.05) is 18.2 Å². The lowest BCUT2D eigenvalue weighted by Crippen LogP contribution is -2.50. The second kappa shape index (κ2) is 9.47. The summed E-state index contributed by atoms with van der Waals surface area (Å²) in [4.78, 5) is 15.8. The van der Waals surface area contributed by atoms with Crippen LogP contribution < -0.4 is 10.1 Å². The van der Waals surface area contributed by atoms with Crippen molar-refractivity contribution in [2.45, 2.75) is 44.2 Å². The first-order valence-electron chi connectivity index (χ1n) is 11.4. The molecule has 1 aliphatic carbocycles. The molecule has 1 spiro atoms. The monoisotopic (exact) mass is 434 g/mol. The Morgan fingerprint density at radius 3 is 2.47 bits per heavy atom. The Hall–Kier alpha value is -2.63. The Bertz CT molecular complexity index is 988. The van der Waals surface area contributed by atoms with Gasteiger partial charge in [-0.25, -0.2) is 0 Å². The molecule has 0 aromatic heterocycles. The van der Waals surface area contributed by atoms with Crippen LogP contribution in [-0.4, -0.2) is 50.8 Å². The van der Waals surface area contributed by atoms with Crippen LogP contribution in [0.3, 0.4) is 0 Å². The predicted molar refractivity (Wildman–Crippen MR) is 127 cm³/mol. The summed E-state index contributed by atoms with van der Waals surface area (Å²) in [7, 11) is 3.36. The molecule has 2 aromatic rings. The molecule has 2 aromatic carbocycles. The second-order valence-electron chi connectivity index (χ2n) is 9.13. The lowest BCUT2D eigenvalue weighted by Gasteiger charge is -2.44. The van der Waals surface area contributed by atoms with Crippen LogP contribution in [0.2, 0.25) is 0 Å². The van der Waals surface area contributed by atoms with Crippen LogP contribution in [-0.2, 0) is 10.2 Å². The number of allylic oxidation sites excluding steroid dienone is 1. The molecule has 2 atom stereocenters. The summed E-state index contributed by atoms with van der Waals surface area (Å²) in [5.74, 6) is 0.440. The van der Waals surface area contributed by atoms with Gasteiger partial charge >= 0.3 is 0 Å². The number of ether oxygens (including phenoxy) is 2. The summed E-state index contributed by atoms with van der Waals surface area (Å²) < 4.78 is 11.6. The minimum Gasteiger partial charge on any atom is -0.496 e. The van der Waals surface area contributed by atoms with Crippen LogP contribution in [0.5, 0.6) is 5.75 Å². The quantitative estimate of drug-likeness (QED) is 0.681. The Balaban J connectivity index is 1.61. The Morgan fingerprint density at radius 1 is 1.09 bits per heavy atom.